The van der Waals surface area contributed by atoms with Gasteiger partial charge in [-0.15, -0.1) is 0 Å². The van der Waals surface area contributed by atoms with E-state index in [1.807, 2.05) is 0 Å². The molecule has 0 amide bonds. The van der Waals surface area contributed by atoms with Gasteiger partial charge in [-0.05, 0) is 18.2 Å². The minimum absolute atomic E-state index is 0.0534. The number of rotatable bonds is 1. The Bertz CT molecular complexity index is 554. The maximum absolute atomic E-state index is 12.4. The molecule has 0 aliphatic rings. The maximum atomic E-state index is 12.4. The standard InChI is InChI=1S/C10H5F3O3/c11-10(12,13)5-1-2-8-6(3-5)7(4-16-8)9(14)15/h1-4H,(H,14,15). The van der Waals surface area contributed by atoms with E-state index in [0.717, 1.165) is 24.5 Å². The predicted octanol–water partition coefficient (Wildman–Crippen LogP) is 3.15. The molecule has 0 atom stereocenters. The molecule has 16 heavy (non-hydrogen) atoms. The van der Waals surface area contributed by atoms with Crippen LogP contribution < -0.4 is 0 Å². The van der Waals surface area contributed by atoms with E-state index in [4.69, 9.17) is 9.52 Å². The molecule has 0 aliphatic heterocycles. The van der Waals surface area contributed by atoms with Gasteiger partial charge in [-0.25, -0.2) is 4.79 Å². The largest absolute Gasteiger partial charge is 0.478 e. The fraction of sp³-hybridized carbons (Fsp3) is 0.100. The van der Waals surface area contributed by atoms with Gasteiger partial charge in [0.15, 0.2) is 0 Å². The van der Waals surface area contributed by atoms with Crippen LogP contribution in [-0.4, -0.2) is 11.1 Å². The summed E-state index contributed by atoms with van der Waals surface area (Å²) >= 11 is 0. The third kappa shape index (κ3) is 1.62. The second kappa shape index (κ2) is 3.26. The Hall–Kier alpha value is -1.98. The van der Waals surface area contributed by atoms with Crippen LogP contribution in [0.4, 0.5) is 13.2 Å². The highest BCUT2D eigenvalue weighted by atomic mass is 19.4. The van der Waals surface area contributed by atoms with Gasteiger partial charge in [0.2, 0.25) is 0 Å². The Morgan fingerprint density at radius 1 is 1.31 bits per heavy atom. The van der Waals surface area contributed by atoms with Gasteiger partial charge in [-0.3, -0.25) is 0 Å². The number of hydrogen-bond donors (Lipinski definition) is 1. The normalized spacial score (nSPS) is 11.9. The minimum atomic E-state index is -4.50. The van der Waals surface area contributed by atoms with Crippen molar-refractivity contribution in [3.63, 3.8) is 0 Å². The van der Waals surface area contributed by atoms with Crippen molar-refractivity contribution in [2.45, 2.75) is 6.18 Å². The van der Waals surface area contributed by atoms with Crippen LogP contribution in [0.3, 0.4) is 0 Å². The fourth-order valence-electron chi connectivity index (χ4n) is 1.37. The summed E-state index contributed by atoms with van der Waals surface area (Å²) in [5, 5.41) is 8.67. The average Bonchev–Trinajstić information content (AvgIpc) is 2.58. The molecule has 0 radical (unpaired) electrons. The van der Waals surface area contributed by atoms with E-state index in [9.17, 15) is 18.0 Å². The van der Waals surface area contributed by atoms with Crippen LogP contribution in [0, 0.1) is 0 Å². The lowest BCUT2D eigenvalue weighted by Crippen LogP contribution is -2.04. The molecule has 0 saturated heterocycles. The van der Waals surface area contributed by atoms with Crippen molar-refractivity contribution < 1.29 is 27.5 Å². The second-order valence-corrected chi connectivity index (χ2v) is 3.16. The van der Waals surface area contributed by atoms with E-state index in [0.29, 0.717) is 0 Å². The van der Waals surface area contributed by atoms with Crippen molar-refractivity contribution in [2.24, 2.45) is 0 Å². The Balaban J connectivity index is 2.68. The first-order valence-electron chi connectivity index (χ1n) is 4.21. The summed E-state index contributed by atoms with van der Waals surface area (Å²) in [5.41, 5.74) is -1.06. The summed E-state index contributed by atoms with van der Waals surface area (Å²) in [6.07, 6.45) is -3.58. The zero-order valence-corrected chi connectivity index (χ0v) is 7.71. The second-order valence-electron chi connectivity index (χ2n) is 3.16. The molecule has 2 rings (SSSR count). The van der Waals surface area contributed by atoms with Crippen LogP contribution in [0.15, 0.2) is 28.9 Å². The number of furan rings is 1. The van der Waals surface area contributed by atoms with Crippen molar-refractivity contribution in [3.05, 3.63) is 35.6 Å². The zero-order chi connectivity index (χ0) is 11.9. The van der Waals surface area contributed by atoms with Crippen LogP contribution in [0.25, 0.3) is 11.0 Å². The lowest BCUT2D eigenvalue weighted by molar-refractivity contribution is -0.137. The van der Waals surface area contributed by atoms with E-state index < -0.39 is 17.7 Å². The highest BCUT2D eigenvalue weighted by Crippen LogP contribution is 2.32. The molecule has 0 bridgehead atoms. The molecule has 0 unspecified atom stereocenters. The summed E-state index contributed by atoms with van der Waals surface area (Å²) in [6.45, 7) is 0. The summed E-state index contributed by atoms with van der Waals surface area (Å²) in [7, 11) is 0. The SMILES string of the molecule is O=C(O)c1coc2ccc(C(F)(F)F)cc12. The van der Waals surface area contributed by atoms with Gasteiger partial charge in [0.05, 0.1) is 5.56 Å². The minimum Gasteiger partial charge on any atom is -0.478 e. The Labute approximate surface area is 87.1 Å². The molecule has 1 heterocycles. The number of hydrogen-bond acceptors (Lipinski definition) is 2. The lowest BCUT2D eigenvalue weighted by atomic mass is 10.1. The molecule has 0 saturated carbocycles. The first-order valence-corrected chi connectivity index (χ1v) is 4.21. The molecule has 6 heteroatoms. The van der Waals surface area contributed by atoms with Crippen molar-refractivity contribution >= 4 is 16.9 Å². The van der Waals surface area contributed by atoms with E-state index in [1.165, 1.54) is 0 Å². The maximum Gasteiger partial charge on any atom is 0.416 e. The van der Waals surface area contributed by atoms with Gasteiger partial charge in [-0.2, -0.15) is 13.2 Å². The quantitative estimate of drug-likeness (QED) is 0.818. The molecular formula is C10H5F3O3. The molecule has 0 spiro atoms. The lowest BCUT2D eigenvalue weighted by Gasteiger charge is -2.05. The number of halogens is 3. The number of alkyl halides is 3. The topological polar surface area (TPSA) is 50.4 Å². The smallest absolute Gasteiger partial charge is 0.416 e. The van der Waals surface area contributed by atoms with Gasteiger partial charge < -0.3 is 9.52 Å². The molecule has 1 aromatic heterocycles. The van der Waals surface area contributed by atoms with Gasteiger partial charge in [0.25, 0.3) is 0 Å². The molecule has 1 aromatic carbocycles. The summed E-state index contributed by atoms with van der Waals surface area (Å²) in [5.74, 6) is -1.32. The van der Waals surface area contributed by atoms with Gasteiger partial charge in [-0.1, -0.05) is 0 Å². The van der Waals surface area contributed by atoms with Crippen LogP contribution in [0.1, 0.15) is 15.9 Å². The average molecular weight is 230 g/mol. The Kier molecular flexibility index (Phi) is 2.15. The number of fused-ring (bicyclic) bond motifs is 1. The molecule has 84 valence electrons. The van der Waals surface area contributed by atoms with Gasteiger partial charge in [0, 0.05) is 5.39 Å². The number of benzene rings is 1. The fourth-order valence-corrected chi connectivity index (χ4v) is 1.37. The number of carboxylic acids is 1. The zero-order valence-electron chi connectivity index (χ0n) is 7.71. The predicted molar refractivity (Wildman–Crippen MR) is 48.2 cm³/mol. The van der Waals surface area contributed by atoms with E-state index in [2.05, 4.69) is 0 Å². The van der Waals surface area contributed by atoms with E-state index in [-0.39, 0.29) is 16.5 Å². The van der Waals surface area contributed by atoms with Gasteiger partial charge in [0.1, 0.15) is 17.4 Å². The first-order chi connectivity index (χ1) is 7.39. The summed E-state index contributed by atoms with van der Waals surface area (Å²) in [6, 6.07) is 2.71. The van der Waals surface area contributed by atoms with Crippen molar-refractivity contribution in [3.8, 4) is 0 Å². The highest BCUT2D eigenvalue weighted by molar-refractivity contribution is 6.02. The van der Waals surface area contributed by atoms with Crippen LogP contribution in [0.2, 0.25) is 0 Å². The van der Waals surface area contributed by atoms with Crippen LogP contribution in [-0.2, 0) is 6.18 Å². The molecule has 0 fully saturated rings. The molecule has 0 aliphatic carbocycles. The van der Waals surface area contributed by atoms with Crippen LogP contribution >= 0.6 is 0 Å². The Morgan fingerprint density at radius 3 is 2.56 bits per heavy atom. The van der Waals surface area contributed by atoms with Crippen molar-refractivity contribution in [1.29, 1.82) is 0 Å². The molecule has 2 aromatic rings. The molecule has 1 N–H and O–H groups in total. The number of aromatic carboxylic acids is 1. The van der Waals surface area contributed by atoms with E-state index in [1.54, 1.807) is 0 Å². The summed E-state index contributed by atoms with van der Waals surface area (Å²) < 4.78 is 42.0. The summed E-state index contributed by atoms with van der Waals surface area (Å²) in [4.78, 5) is 10.7. The Morgan fingerprint density at radius 2 is 2.00 bits per heavy atom. The molecular weight excluding hydrogens is 225 g/mol. The molecule has 3 nitrogen and oxygen atoms in total. The first kappa shape index (κ1) is 10.5. The highest BCUT2D eigenvalue weighted by Gasteiger charge is 2.31. The third-order valence-corrected chi connectivity index (χ3v) is 2.13. The number of carbonyl (C=O) groups is 1. The van der Waals surface area contributed by atoms with E-state index >= 15 is 0 Å². The third-order valence-electron chi connectivity index (χ3n) is 2.13. The van der Waals surface area contributed by atoms with Crippen LogP contribution in [0.5, 0.6) is 0 Å². The van der Waals surface area contributed by atoms with Gasteiger partial charge >= 0.3 is 12.1 Å². The van der Waals surface area contributed by atoms with Crippen molar-refractivity contribution in [2.75, 3.05) is 0 Å². The van der Waals surface area contributed by atoms with Crippen molar-refractivity contribution in [1.82, 2.24) is 0 Å². The number of carboxylic acid groups (broad SMARTS) is 1. The monoisotopic (exact) mass is 230 g/mol.